The van der Waals surface area contributed by atoms with Crippen LogP contribution in [-0.4, -0.2) is 9.13 Å². The van der Waals surface area contributed by atoms with Gasteiger partial charge >= 0.3 is 0 Å². The van der Waals surface area contributed by atoms with E-state index < -0.39 is 0 Å². The van der Waals surface area contributed by atoms with E-state index in [4.69, 9.17) is 0 Å². The maximum atomic E-state index is 2.25. The molecule has 0 spiro atoms. The highest BCUT2D eigenvalue weighted by atomic mass is 15.0. The van der Waals surface area contributed by atoms with Gasteiger partial charge in [-0.1, -0.05) is 13.3 Å². The Kier molecular flexibility index (Phi) is 3.18. The molecule has 86 valence electrons. The second kappa shape index (κ2) is 4.60. The number of hydrogen-bond donors (Lipinski definition) is 0. The van der Waals surface area contributed by atoms with Crippen LogP contribution < -0.4 is 0 Å². The molecule has 2 aromatic heterocycles. The lowest BCUT2D eigenvalue weighted by atomic mass is 9.96. The Morgan fingerprint density at radius 3 is 1.81 bits per heavy atom. The Hall–Kier alpha value is -1.44. The van der Waals surface area contributed by atoms with Gasteiger partial charge in [0.15, 0.2) is 0 Å². The van der Waals surface area contributed by atoms with E-state index in [2.05, 4.69) is 66.8 Å². The van der Waals surface area contributed by atoms with Crippen molar-refractivity contribution in [3.05, 3.63) is 48.0 Å². The summed E-state index contributed by atoms with van der Waals surface area (Å²) in [7, 11) is 4.25. The molecule has 2 heterocycles. The summed E-state index contributed by atoms with van der Waals surface area (Å²) in [6, 6.07) is 8.71. The Morgan fingerprint density at radius 2 is 1.50 bits per heavy atom. The molecule has 0 atom stereocenters. The molecule has 2 aromatic rings. The van der Waals surface area contributed by atoms with E-state index in [0.717, 1.165) is 0 Å². The number of aromatic nitrogens is 2. The summed E-state index contributed by atoms with van der Waals surface area (Å²) in [5, 5.41) is 0. The number of rotatable bonds is 4. The Morgan fingerprint density at radius 1 is 1.00 bits per heavy atom. The third-order valence-corrected chi connectivity index (χ3v) is 3.26. The quantitative estimate of drug-likeness (QED) is 0.742. The fourth-order valence-corrected chi connectivity index (χ4v) is 2.41. The van der Waals surface area contributed by atoms with Crippen LogP contribution >= 0.6 is 0 Å². The second-order valence-electron chi connectivity index (χ2n) is 4.43. The Labute approximate surface area is 97.5 Å². The van der Waals surface area contributed by atoms with Gasteiger partial charge in [-0.15, -0.1) is 0 Å². The molecule has 2 heteroatoms. The van der Waals surface area contributed by atoms with Gasteiger partial charge in [-0.05, 0) is 30.7 Å². The van der Waals surface area contributed by atoms with Crippen molar-refractivity contribution in [1.82, 2.24) is 9.13 Å². The molecule has 2 nitrogen and oxygen atoms in total. The lowest BCUT2D eigenvalue weighted by Crippen LogP contribution is -2.09. The van der Waals surface area contributed by atoms with Gasteiger partial charge in [-0.3, -0.25) is 0 Å². The van der Waals surface area contributed by atoms with Gasteiger partial charge in [0.1, 0.15) is 0 Å². The normalized spacial score (nSPS) is 11.2. The van der Waals surface area contributed by atoms with Gasteiger partial charge in [0.05, 0.1) is 0 Å². The van der Waals surface area contributed by atoms with E-state index in [1.807, 2.05) is 0 Å². The van der Waals surface area contributed by atoms with E-state index in [9.17, 15) is 0 Å². The summed E-state index contributed by atoms with van der Waals surface area (Å²) >= 11 is 0. The van der Waals surface area contributed by atoms with E-state index in [1.54, 1.807) is 0 Å². The molecule has 0 saturated carbocycles. The third kappa shape index (κ3) is 1.92. The number of nitrogens with zero attached hydrogens (tertiary/aromatic N) is 2. The summed E-state index contributed by atoms with van der Waals surface area (Å²) in [4.78, 5) is 0. The van der Waals surface area contributed by atoms with Gasteiger partial charge in [-0.2, -0.15) is 0 Å². The van der Waals surface area contributed by atoms with Crippen LogP contribution in [0.15, 0.2) is 36.7 Å². The molecule has 0 radical (unpaired) electrons. The van der Waals surface area contributed by atoms with Crippen molar-refractivity contribution in [2.24, 2.45) is 14.1 Å². The highest BCUT2D eigenvalue weighted by molar-refractivity contribution is 5.25. The maximum Gasteiger partial charge on any atom is 0.0395 e. The number of hydrogen-bond acceptors (Lipinski definition) is 0. The smallest absolute Gasteiger partial charge is 0.0395 e. The first-order valence-corrected chi connectivity index (χ1v) is 5.96. The maximum absolute atomic E-state index is 2.25. The monoisotopic (exact) mass is 216 g/mol. The van der Waals surface area contributed by atoms with Crippen molar-refractivity contribution >= 4 is 0 Å². The van der Waals surface area contributed by atoms with E-state index in [1.165, 1.54) is 24.2 Å². The molecule has 0 bridgehead atoms. The molecule has 0 aliphatic rings. The lowest BCUT2D eigenvalue weighted by Gasteiger charge is -2.18. The molecule has 0 fully saturated rings. The molecule has 2 rings (SSSR count). The summed E-state index contributed by atoms with van der Waals surface area (Å²) in [6.07, 6.45) is 6.67. The standard InChI is InChI=1S/C14H20N2/c1-4-7-12(13-8-5-10-15(13)2)14-9-6-11-16(14)3/h5-6,8-12H,4,7H2,1-3H3. The summed E-state index contributed by atoms with van der Waals surface area (Å²) in [5.74, 6) is 0.519. The predicted molar refractivity (Wildman–Crippen MR) is 67.6 cm³/mol. The molecule has 0 aliphatic heterocycles. The molecular formula is C14H20N2. The Bertz CT molecular complexity index is 411. The predicted octanol–water partition coefficient (Wildman–Crippen LogP) is 3.30. The van der Waals surface area contributed by atoms with E-state index in [0.29, 0.717) is 5.92 Å². The molecular weight excluding hydrogens is 196 g/mol. The molecule has 0 aromatic carbocycles. The zero-order valence-electron chi connectivity index (χ0n) is 10.4. The molecule has 0 N–H and O–H groups in total. The SMILES string of the molecule is CCCC(c1cccn1C)c1cccn1C. The minimum absolute atomic E-state index is 0.519. The van der Waals surface area contributed by atoms with Crippen molar-refractivity contribution in [2.75, 3.05) is 0 Å². The van der Waals surface area contributed by atoms with Crippen LogP contribution in [-0.2, 0) is 14.1 Å². The number of aryl methyl sites for hydroxylation is 2. The van der Waals surface area contributed by atoms with Gasteiger partial charge in [0, 0.05) is 43.8 Å². The average molecular weight is 216 g/mol. The van der Waals surface area contributed by atoms with Crippen LogP contribution in [0.2, 0.25) is 0 Å². The largest absolute Gasteiger partial charge is 0.354 e. The zero-order valence-corrected chi connectivity index (χ0v) is 10.4. The fraction of sp³-hybridized carbons (Fsp3) is 0.429. The first-order chi connectivity index (χ1) is 7.74. The highest BCUT2D eigenvalue weighted by Gasteiger charge is 2.17. The van der Waals surface area contributed by atoms with Crippen LogP contribution in [0.4, 0.5) is 0 Å². The minimum atomic E-state index is 0.519. The van der Waals surface area contributed by atoms with Crippen molar-refractivity contribution < 1.29 is 0 Å². The van der Waals surface area contributed by atoms with Crippen molar-refractivity contribution in [1.29, 1.82) is 0 Å². The second-order valence-corrected chi connectivity index (χ2v) is 4.43. The molecule has 0 saturated heterocycles. The first kappa shape index (κ1) is 11.1. The summed E-state index contributed by atoms with van der Waals surface area (Å²) in [5.41, 5.74) is 2.81. The minimum Gasteiger partial charge on any atom is -0.354 e. The lowest BCUT2D eigenvalue weighted by molar-refractivity contribution is 0.613. The fourth-order valence-electron chi connectivity index (χ4n) is 2.41. The molecule has 16 heavy (non-hydrogen) atoms. The van der Waals surface area contributed by atoms with Crippen LogP contribution in [0, 0.1) is 0 Å². The third-order valence-electron chi connectivity index (χ3n) is 3.26. The van der Waals surface area contributed by atoms with Gasteiger partial charge in [-0.25, -0.2) is 0 Å². The van der Waals surface area contributed by atoms with E-state index >= 15 is 0 Å². The van der Waals surface area contributed by atoms with Crippen LogP contribution in [0.25, 0.3) is 0 Å². The molecule has 0 aliphatic carbocycles. The van der Waals surface area contributed by atoms with Crippen LogP contribution in [0.1, 0.15) is 37.1 Å². The highest BCUT2D eigenvalue weighted by Crippen LogP contribution is 2.29. The average Bonchev–Trinajstić information content (AvgIpc) is 2.84. The van der Waals surface area contributed by atoms with Gasteiger partial charge in [0.2, 0.25) is 0 Å². The van der Waals surface area contributed by atoms with E-state index in [-0.39, 0.29) is 0 Å². The zero-order chi connectivity index (χ0) is 11.5. The Balaban J connectivity index is 2.39. The van der Waals surface area contributed by atoms with Gasteiger partial charge in [0.25, 0.3) is 0 Å². The van der Waals surface area contributed by atoms with Crippen molar-refractivity contribution in [3.63, 3.8) is 0 Å². The molecule has 0 amide bonds. The molecule has 0 unspecified atom stereocenters. The van der Waals surface area contributed by atoms with Crippen molar-refractivity contribution in [3.8, 4) is 0 Å². The first-order valence-electron chi connectivity index (χ1n) is 5.96. The summed E-state index contributed by atoms with van der Waals surface area (Å²) in [6.45, 7) is 2.25. The van der Waals surface area contributed by atoms with Crippen LogP contribution in [0.5, 0.6) is 0 Å². The van der Waals surface area contributed by atoms with Crippen molar-refractivity contribution in [2.45, 2.75) is 25.7 Å². The summed E-state index contributed by atoms with van der Waals surface area (Å²) < 4.78 is 4.46. The van der Waals surface area contributed by atoms with Crippen LogP contribution in [0.3, 0.4) is 0 Å². The van der Waals surface area contributed by atoms with Gasteiger partial charge < -0.3 is 9.13 Å². The topological polar surface area (TPSA) is 9.86 Å².